The van der Waals surface area contributed by atoms with E-state index in [0.717, 1.165) is 18.0 Å². The van der Waals surface area contributed by atoms with E-state index in [2.05, 4.69) is 35.1 Å². The van der Waals surface area contributed by atoms with Gasteiger partial charge in [-0.1, -0.05) is 18.8 Å². The van der Waals surface area contributed by atoms with E-state index < -0.39 is 0 Å². The van der Waals surface area contributed by atoms with Crippen molar-refractivity contribution in [2.45, 2.75) is 39.2 Å². The molecular formula is C16H23NOS. The van der Waals surface area contributed by atoms with Crippen molar-refractivity contribution < 1.29 is 5.11 Å². The van der Waals surface area contributed by atoms with Gasteiger partial charge in [0.25, 0.3) is 0 Å². The van der Waals surface area contributed by atoms with Crippen molar-refractivity contribution >= 4 is 11.3 Å². The lowest BCUT2D eigenvalue weighted by molar-refractivity contribution is 0.257. The highest BCUT2D eigenvalue weighted by Gasteiger charge is 2.24. The maximum Gasteiger partial charge on any atom is 0.0540 e. The highest BCUT2D eigenvalue weighted by Crippen LogP contribution is 2.30. The Balaban J connectivity index is 1.87. The molecule has 104 valence electrons. The number of rotatable bonds is 7. The first-order valence-electron chi connectivity index (χ1n) is 7.21. The summed E-state index contributed by atoms with van der Waals surface area (Å²) in [5.41, 5.74) is 1.09. The van der Waals surface area contributed by atoms with Crippen LogP contribution in [0.2, 0.25) is 0 Å². The van der Waals surface area contributed by atoms with Crippen molar-refractivity contribution in [3.05, 3.63) is 21.9 Å². The summed E-state index contributed by atoms with van der Waals surface area (Å²) in [6.07, 6.45) is 4.63. The fraction of sp³-hybridized carbons (Fsp3) is 0.625. The van der Waals surface area contributed by atoms with Gasteiger partial charge in [-0.05, 0) is 37.8 Å². The van der Waals surface area contributed by atoms with Crippen molar-refractivity contribution in [3.63, 3.8) is 0 Å². The van der Waals surface area contributed by atoms with Crippen LogP contribution in [0.3, 0.4) is 0 Å². The first-order chi connectivity index (χ1) is 9.31. The average molecular weight is 277 g/mol. The molecule has 0 saturated heterocycles. The highest BCUT2D eigenvalue weighted by atomic mass is 32.1. The van der Waals surface area contributed by atoms with Gasteiger partial charge >= 0.3 is 0 Å². The lowest BCUT2D eigenvalue weighted by atomic mass is 10.2. The lowest BCUT2D eigenvalue weighted by Gasteiger charge is -2.20. The predicted octanol–water partition coefficient (Wildman–Crippen LogP) is 3.10. The van der Waals surface area contributed by atoms with Gasteiger partial charge in [-0.25, -0.2) is 0 Å². The minimum absolute atomic E-state index is 0.148. The maximum atomic E-state index is 8.71. The number of nitrogens with zero attached hydrogens (tertiary/aromatic N) is 1. The lowest BCUT2D eigenvalue weighted by Crippen LogP contribution is -2.25. The van der Waals surface area contributed by atoms with Gasteiger partial charge in [0.2, 0.25) is 0 Å². The van der Waals surface area contributed by atoms with Gasteiger partial charge in [0.1, 0.15) is 0 Å². The fourth-order valence-electron chi connectivity index (χ4n) is 2.19. The van der Waals surface area contributed by atoms with Crippen molar-refractivity contribution in [3.8, 4) is 11.8 Å². The zero-order valence-electron chi connectivity index (χ0n) is 11.7. The van der Waals surface area contributed by atoms with E-state index in [0.29, 0.717) is 6.42 Å². The summed E-state index contributed by atoms with van der Waals surface area (Å²) in [6, 6.07) is 2.20. The number of aliphatic hydroxyl groups is 1. The second-order valence-corrected chi connectivity index (χ2v) is 6.25. The summed E-state index contributed by atoms with van der Waals surface area (Å²) in [5, 5.41) is 10.8. The van der Waals surface area contributed by atoms with Crippen LogP contribution in [-0.4, -0.2) is 29.7 Å². The Morgan fingerprint density at radius 1 is 1.47 bits per heavy atom. The van der Waals surface area contributed by atoms with Gasteiger partial charge in [-0.15, -0.1) is 11.3 Å². The molecule has 1 fully saturated rings. The molecular weight excluding hydrogens is 254 g/mol. The van der Waals surface area contributed by atoms with Crippen LogP contribution in [0.1, 0.15) is 43.0 Å². The molecule has 0 radical (unpaired) electrons. The third kappa shape index (κ3) is 5.36. The third-order valence-corrected chi connectivity index (χ3v) is 4.18. The molecule has 1 aliphatic carbocycles. The molecule has 1 saturated carbocycles. The Morgan fingerprint density at radius 3 is 3.00 bits per heavy atom. The smallest absolute Gasteiger partial charge is 0.0540 e. The van der Waals surface area contributed by atoms with Crippen molar-refractivity contribution in [1.29, 1.82) is 0 Å². The van der Waals surface area contributed by atoms with Crippen LogP contribution >= 0.6 is 11.3 Å². The molecule has 0 amide bonds. The highest BCUT2D eigenvalue weighted by molar-refractivity contribution is 7.10. The molecule has 2 nitrogen and oxygen atoms in total. The quantitative estimate of drug-likeness (QED) is 0.774. The van der Waals surface area contributed by atoms with Crippen LogP contribution < -0.4 is 0 Å². The predicted molar refractivity (Wildman–Crippen MR) is 81.2 cm³/mol. The molecule has 0 aliphatic heterocycles. The number of thiophene rings is 1. The molecule has 19 heavy (non-hydrogen) atoms. The molecule has 2 rings (SSSR count). The van der Waals surface area contributed by atoms with Crippen LogP contribution in [0, 0.1) is 17.8 Å². The average Bonchev–Trinajstić information content (AvgIpc) is 3.09. The standard InChI is InChI=1S/C16H23NOS/c1-2-8-17(11-14-6-7-14)12-16-10-15(13-19-16)5-3-4-9-18/h10,13-14,18H,2,4,6-9,11-12H2,1H3. The van der Waals surface area contributed by atoms with E-state index in [1.807, 2.05) is 0 Å². The number of hydrogen-bond acceptors (Lipinski definition) is 3. The Labute approximate surface area is 120 Å². The van der Waals surface area contributed by atoms with Crippen LogP contribution in [0.15, 0.2) is 11.4 Å². The van der Waals surface area contributed by atoms with Crippen LogP contribution in [-0.2, 0) is 6.54 Å². The van der Waals surface area contributed by atoms with E-state index in [4.69, 9.17) is 5.11 Å². The Morgan fingerprint density at radius 2 is 2.32 bits per heavy atom. The van der Waals surface area contributed by atoms with E-state index in [9.17, 15) is 0 Å². The molecule has 0 spiro atoms. The van der Waals surface area contributed by atoms with Crippen LogP contribution in [0.25, 0.3) is 0 Å². The minimum atomic E-state index is 0.148. The molecule has 1 heterocycles. The fourth-order valence-corrected chi connectivity index (χ4v) is 3.04. The molecule has 0 aromatic carbocycles. The minimum Gasteiger partial charge on any atom is -0.395 e. The molecule has 0 bridgehead atoms. The Bertz CT molecular complexity index is 439. The van der Waals surface area contributed by atoms with Gasteiger partial charge < -0.3 is 5.11 Å². The third-order valence-electron chi connectivity index (χ3n) is 3.26. The first-order valence-corrected chi connectivity index (χ1v) is 8.09. The van der Waals surface area contributed by atoms with Gasteiger partial charge in [0.05, 0.1) is 6.61 Å². The summed E-state index contributed by atoms with van der Waals surface area (Å²) < 4.78 is 0. The Kier molecular flexibility index (Phi) is 5.91. The van der Waals surface area contributed by atoms with Gasteiger partial charge in [-0.3, -0.25) is 4.90 Å². The van der Waals surface area contributed by atoms with E-state index in [-0.39, 0.29) is 6.61 Å². The molecule has 0 unspecified atom stereocenters. The van der Waals surface area contributed by atoms with E-state index >= 15 is 0 Å². The molecule has 0 atom stereocenters. The summed E-state index contributed by atoms with van der Waals surface area (Å²) in [6.45, 7) is 5.92. The van der Waals surface area contributed by atoms with Crippen LogP contribution in [0.4, 0.5) is 0 Å². The van der Waals surface area contributed by atoms with E-state index in [1.54, 1.807) is 11.3 Å². The number of hydrogen-bond donors (Lipinski definition) is 1. The van der Waals surface area contributed by atoms with Crippen molar-refractivity contribution in [2.24, 2.45) is 5.92 Å². The summed E-state index contributed by atoms with van der Waals surface area (Å²) in [4.78, 5) is 3.98. The molecule has 1 aliphatic rings. The zero-order valence-corrected chi connectivity index (χ0v) is 12.5. The second kappa shape index (κ2) is 7.69. The van der Waals surface area contributed by atoms with Gasteiger partial charge in [-0.2, -0.15) is 0 Å². The largest absolute Gasteiger partial charge is 0.395 e. The van der Waals surface area contributed by atoms with Crippen molar-refractivity contribution in [1.82, 2.24) is 4.90 Å². The van der Waals surface area contributed by atoms with Gasteiger partial charge in [0, 0.05) is 35.3 Å². The molecule has 1 aromatic heterocycles. The zero-order chi connectivity index (χ0) is 13.5. The summed E-state index contributed by atoms with van der Waals surface area (Å²) in [7, 11) is 0. The van der Waals surface area contributed by atoms with Crippen molar-refractivity contribution in [2.75, 3.05) is 19.7 Å². The first kappa shape index (κ1) is 14.6. The monoisotopic (exact) mass is 277 g/mol. The van der Waals surface area contributed by atoms with Crippen LogP contribution in [0.5, 0.6) is 0 Å². The second-order valence-electron chi connectivity index (χ2n) is 5.26. The molecule has 1 aromatic rings. The summed E-state index contributed by atoms with van der Waals surface area (Å²) in [5.74, 6) is 7.04. The Hall–Kier alpha value is -0.820. The topological polar surface area (TPSA) is 23.5 Å². The number of aliphatic hydroxyl groups excluding tert-OH is 1. The SMILES string of the molecule is CCCN(Cc1cc(C#CCCO)cs1)CC1CC1. The maximum absolute atomic E-state index is 8.71. The molecule has 1 N–H and O–H groups in total. The van der Waals surface area contributed by atoms with Gasteiger partial charge in [0.15, 0.2) is 0 Å². The summed E-state index contributed by atoms with van der Waals surface area (Å²) >= 11 is 1.80. The normalized spacial score (nSPS) is 14.5. The van der Waals surface area contributed by atoms with E-state index in [1.165, 1.54) is 37.2 Å². The molecule has 3 heteroatoms.